The third kappa shape index (κ3) is 4.72. The van der Waals surface area contributed by atoms with Gasteiger partial charge in [0.15, 0.2) is 6.61 Å². The van der Waals surface area contributed by atoms with Crippen molar-refractivity contribution in [2.24, 2.45) is 0 Å². The third-order valence-corrected chi connectivity index (χ3v) is 3.68. The summed E-state index contributed by atoms with van der Waals surface area (Å²) in [4.78, 5) is 11.8. The Bertz CT molecular complexity index is 724. The smallest absolute Gasteiger partial charge is 0.258 e. The van der Waals surface area contributed by atoms with Crippen molar-refractivity contribution in [1.29, 1.82) is 0 Å². The van der Waals surface area contributed by atoms with Crippen LogP contribution in [0, 0.1) is 17.5 Å². The fraction of sp³-hybridized carbons (Fsp3) is 0.188. The monoisotopic (exact) mass is 387 g/mol. The third-order valence-electron chi connectivity index (χ3n) is 3.06. The average molecular weight is 388 g/mol. The van der Waals surface area contributed by atoms with Crippen LogP contribution in [-0.2, 0) is 4.79 Å². The second kappa shape index (κ2) is 7.50. The minimum Gasteiger partial charge on any atom is -0.483 e. The molecule has 3 nitrogen and oxygen atoms in total. The van der Waals surface area contributed by atoms with Gasteiger partial charge in [0.1, 0.15) is 23.2 Å². The van der Waals surface area contributed by atoms with Gasteiger partial charge in [-0.1, -0.05) is 6.07 Å². The van der Waals surface area contributed by atoms with E-state index in [1.807, 2.05) is 0 Å². The molecule has 0 saturated carbocycles. The summed E-state index contributed by atoms with van der Waals surface area (Å²) in [5, 5.41) is 2.54. The Balaban J connectivity index is 1.93. The highest BCUT2D eigenvalue weighted by Crippen LogP contribution is 2.25. The number of carbonyl (C=O) groups is 1. The van der Waals surface area contributed by atoms with E-state index in [-0.39, 0.29) is 12.2 Å². The predicted octanol–water partition coefficient (Wildman–Crippen LogP) is 4.12. The van der Waals surface area contributed by atoms with Crippen molar-refractivity contribution in [2.75, 3.05) is 6.61 Å². The summed E-state index contributed by atoms with van der Waals surface area (Å²) in [6, 6.07) is 6.29. The van der Waals surface area contributed by atoms with Crippen molar-refractivity contribution in [3.8, 4) is 5.75 Å². The van der Waals surface area contributed by atoms with Gasteiger partial charge in [0.25, 0.3) is 5.91 Å². The van der Waals surface area contributed by atoms with E-state index in [0.717, 1.165) is 12.1 Å². The van der Waals surface area contributed by atoms with Crippen molar-refractivity contribution in [3.63, 3.8) is 0 Å². The standard InChI is InChI=1S/C16H13BrF3NO2/c1-9(12-4-2-11(19)7-14(12)20)21-16(22)8-23-15-5-3-10(18)6-13(15)17/h2-7,9H,8H2,1H3,(H,21,22)/t9-/m0/s1. The number of rotatable bonds is 5. The Labute approximate surface area is 139 Å². The van der Waals surface area contributed by atoms with E-state index in [1.54, 1.807) is 6.92 Å². The Morgan fingerprint density at radius 1 is 1.17 bits per heavy atom. The molecular weight excluding hydrogens is 375 g/mol. The molecule has 0 aromatic heterocycles. The first kappa shape index (κ1) is 17.3. The van der Waals surface area contributed by atoms with Crippen molar-refractivity contribution >= 4 is 21.8 Å². The highest BCUT2D eigenvalue weighted by Gasteiger charge is 2.15. The van der Waals surface area contributed by atoms with Crippen LogP contribution in [0.15, 0.2) is 40.9 Å². The number of hydrogen-bond donors (Lipinski definition) is 1. The van der Waals surface area contributed by atoms with E-state index in [2.05, 4.69) is 21.2 Å². The maximum absolute atomic E-state index is 13.6. The van der Waals surface area contributed by atoms with Gasteiger partial charge in [-0.05, 0) is 47.1 Å². The molecule has 2 aromatic rings. The molecule has 1 amide bonds. The van der Waals surface area contributed by atoms with E-state index in [4.69, 9.17) is 4.74 Å². The van der Waals surface area contributed by atoms with Gasteiger partial charge < -0.3 is 10.1 Å². The molecule has 2 rings (SSSR count). The van der Waals surface area contributed by atoms with Crippen LogP contribution in [0.5, 0.6) is 5.75 Å². The molecule has 7 heteroatoms. The molecule has 23 heavy (non-hydrogen) atoms. The van der Waals surface area contributed by atoms with Gasteiger partial charge in [0, 0.05) is 11.6 Å². The lowest BCUT2D eigenvalue weighted by molar-refractivity contribution is -0.123. The Morgan fingerprint density at radius 2 is 1.83 bits per heavy atom. The maximum Gasteiger partial charge on any atom is 0.258 e. The van der Waals surface area contributed by atoms with Gasteiger partial charge in [0.05, 0.1) is 10.5 Å². The fourth-order valence-electron chi connectivity index (χ4n) is 1.95. The number of hydrogen-bond acceptors (Lipinski definition) is 2. The molecule has 0 spiro atoms. The zero-order valence-corrected chi connectivity index (χ0v) is 13.7. The number of carbonyl (C=O) groups excluding carboxylic acids is 1. The van der Waals surface area contributed by atoms with Crippen LogP contribution in [0.2, 0.25) is 0 Å². The second-order valence-corrected chi connectivity index (χ2v) is 5.67. The van der Waals surface area contributed by atoms with E-state index >= 15 is 0 Å². The van der Waals surface area contributed by atoms with Gasteiger partial charge in [-0.25, -0.2) is 13.2 Å². The molecule has 0 aliphatic rings. The lowest BCUT2D eigenvalue weighted by Crippen LogP contribution is -2.31. The van der Waals surface area contributed by atoms with E-state index in [0.29, 0.717) is 10.2 Å². The zero-order chi connectivity index (χ0) is 17.0. The number of ether oxygens (including phenoxy) is 1. The van der Waals surface area contributed by atoms with Crippen LogP contribution in [0.25, 0.3) is 0 Å². The first-order valence-electron chi connectivity index (χ1n) is 6.69. The zero-order valence-electron chi connectivity index (χ0n) is 12.1. The van der Waals surface area contributed by atoms with Crippen molar-refractivity contribution < 1.29 is 22.7 Å². The van der Waals surface area contributed by atoms with Crippen LogP contribution in [0.4, 0.5) is 13.2 Å². The van der Waals surface area contributed by atoms with Crippen LogP contribution >= 0.6 is 15.9 Å². The first-order chi connectivity index (χ1) is 10.9. The van der Waals surface area contributed by atoms with Crippen molar-refractivity contribution in [1.82, 2.24) is 5.32 Å². The Kier molecular flexibility index (Phi) is 5.65. The van der Waals surface area contributed by atoms with Crippen molar-refractivity contribution in [2.45, 2.75) is 13.0 Å². The van der Waals surface area contributed by atoms with Gasteiger partial charge in [-0.15, -0.1) is 0 Å². The molecular formula is C16H13BrF3NO2. The highest BCUT2D eigenvalue weighted by atomic mass is 79.9. The summed E-state index contributed by atoms with van der Waals surface area (Å²) in [5.41, 5.74) is 0.169. The highest BCUT2D eigenvalue weighted by molar-refractivity contribution is 9.10. The van der Waals surface area contributed by atoms with E-state index < -0.39 is 29.4 Å². The predicted molar refractivity (Wildman–Crippen MR) is 82.5 cm³/mol. The minimum atomic E-state index is -0.736. The number of nitrogens with one attached hydrogen (secondary N) is 1. The van der Waals surface area contributed by atoms with Crippen LogP contribution in [0.3, 0.4) is 0 Å². The lowest BCUT2D eigenvalue weighted by Gasteiger charge is -2.15. The molecule has 2 aromatic carbocycles. The minimum absolute atomic E-state index is 0.169. The number of halogens is 4. The largest absolute Gasteiger partial charge is 0.483 e. The summed E-state index contributed by atoms with van der Waals surface area (Å²) in [6.07, 6.45) is 0. The molecule has 0 heterocycles. The van der Waals surface area contributed by atoms with Crippen molar-refractivity contribution in [3.05, 3.63) is 63.9 Å². The first-order valence-corrected chi connectivity index (χ1v) is 7.48. The van der Waals surface area contributed by atoms with Gasteiger partial charge >= 0.3 is 0 Å². The Hall–Kier alpha value is -2.02. The number of amides is 1. The molecule has 0 radical (unpaired) electrons. The quantitative estimate of drug-likeness (QED) is 0.837. The molecule has 1 atom stereocenters. The average Bonchev–Trinajstić information content (AvgIpc) is 2.46. The van der Waals surface area contributed by atoms with E-state index in [1.165, 1.54) is 24.3 Å². The molecule has 1 N–H and O–H groups in total. The maximum atomic E-state index is 13.6. The summed E-state index contributed by atoms with van der Waals surface area (Å²) in [5.74, 6) is -2.04. The van der Waals surface area contributed by atoms with Crippen LogP contribution < -0.4 is 10.1 Å². The Morgan fingerprint density at radius 3 is 2.48 bits per heavy atom. The van der Waals surface area contributed by atoms with E-state index in [9.17, 15) is 18.0 Å². The molecule has 0 unspecified atom stereocenters. The van der Waals surface area contributed by atoms with Gasteiger partial charge in [0.2, 0.25) is 0 Å². The summed E-state index contributed by atoms with van der Waals surface area (Å²) in [7, 11) is 0. The molecule has 122 valence electrons. The molecule has 0 aliphatic carbocycles. The van der Waals surface area contributed by atoms with Crippen LogP contribution in [0.1, 0.15) is 18.5 Å². The second-order valence-electron chi connectivity index (χ2n) is 4.82. The van der Waals surface area contributed by atoms with Gasteiger partial charge in [-0.3, -0.25) is 4.79 Å². The molecule has 0 fully saturated rings. The SMILES string of the molecule is C[C@H](NC(=O)COc1ccc(F)cc1Br)c1ccc(F)cc1F. The molecule has 0 bridgehead atoms. The van der Waals surface area contributed by atoms with Crippen LogP contribution in [-0.4, -0.2) is 12.5 Å². The molecule has 0 aliphatic heterocycles. The topological polar surface area (TPSA) is 38.3 Å². The van der Waals surface area contributed by atoms with Gasteiger partial charge in [-0.2, -0.15) is 0 Å². The lowest BCUT2D eigenvalue weighted by atomic mass is 10.1. The summed E-state index contributed by atoms with van der Waals surface area (Å²) < 4.78 is 45.1. The molecule has 0 saturated heterocycles. The normalized spacial score (nSPS) is 11.9. The fourth-order valence-corrected chi connectivity index (χ4v) is 2.41. The number of benzene rings is 2. The summed E-state index contributed by atoms with van der Waals surface area (Å²) in [6.45, 7) is 1.25. The summed E-state index contributed by atoms with van der Waals surface area (Å²) >= 11 is 3.12.